The lowest BCUT2D eigenvalue weighted by atomic mass is 9.91. The van der Waals surface area contributed by atoms with Crippen molar-refractivity contribution in [2.75, 3.05) is 0 Å². The zero-order valence-electron chi connectivity index (χ0n) is 56.1. The number of carboxylic acids is 1. The van der Waals surface area contributed by atoms with Crippen molar-refractivity contribution < 1.29 is 15.0 Å². The van der Waals surface area contributed by atoms with Crippen LogP contribution in [-0.4, -0.2) is 22.3 Å². The first-order valence-corrected chi connectivity index (χ1v) is 39.0. The average Bonchev–Trinajstić information content (AvgIpc) is 4.43. The molecule has 2 saturated carbocycles. The summed E-state index contributed by atoms with van der Waals surface area (Å²) in [4.78, 5) is 12.0. The molecule has 81 heavy (non-hydrogen) atoms. The Kier molecular flexibility index (Phi) is 57.7. The molecule has 0 spiro atoms. The summed E-state index contributed by atoms with van der Waals surface area (Å²) in [6, 6.07) is 0. The predicted octanol–water partition coefficient (Wildman–Crippen LogP) is 27.5. The molecule has 2 aliphatic rings. The van der Waals surface area contributed by atoms with Gasteiger partial charge in [-0.1, -0.05) is 431 Å². The van der Waals surface area contributed by atoms with Gasteiger partial charge in [0.05, 0.1) is 12.0 Å². The predicted molar refractivity (Wildman–Crippen MR) is 361 cm³/mol. The van der Waals surface area contributed by atoms with Crippen molar-refractivity contribution in [1.29, 1.82) is 0 Å². The molecule has 2 fully saturated rings. The highest BCUT2D eigenvalue weighted by Crippen LogP contribution is 2.47. The Balaban J connectivity index is 1.20. The first-order valence-electron chi connectivity index (χ1n) is 39.0. The number of unbranched alkanes of at least 4 members (excludes halogenated alkanes) is 57. The van der Waals surface area contributed by atoms with E-state index in [0.29, 0.717) is 12.8 Å². The average molecular weight is 1140 g/mol. The van der Waals surface area contributed by atoms with Gasteiger partial charge in [0.15, 0.2) is 0 Å². The Morgan fingerprint density at radius 3 is 0.605 bits per heavy atom. The van der Waals surface area contributed by atoms with Gasteiger partial charge in [-0.2, -0.15) is 0 Å². The van der Waals surface area contributed by atoms with Gasteiger partial charge in [-0.15, -0.1) is 0 Å². The molecule has 0 radical (unpaired) electrons. The van der Waals surface area contributed by atoms with Gasteiger partial charge in [0.2, 0.25) is 0 Å². The topological polar surface area (TPSA) is 57.5 Å². The fourth-order valence-electron chi connectivity index (χ4n) is 14.6. The molecular weight excluding hydrogens is 985 g/mol. The third-order valence-corrected chi connectivity index (χ3v) is 20.7. The van der Waals surface area contributed by atoms with Crippen molar-refractivity contribution in [3.8, 4) is 0 Å². The first-order chi connectivity index (χ1) is 40.1. The van der Waals surface area contributed by atoms with Crippen LogP contribution in [-0.2, 0) is 4.79 Å². The van der Waals surface area contributed by atoms with Crippen LogP contribution in [0.3, 0.4) is 0 Å². The van der Waals surface area contributed by atoms with Crippen LogP contribution in [0.25, 0.3) is 0 Å². The minimum atomic E-state index is -0.795. The van der Waals surface area contributed by atoms with Crippen LogP contribution in [0, 0.1) is 29.6 Å². The second-order valence-electron chi connectivity index (χ2n) is 28.6. The third kappa shape index (κ3) is 53.4. The van der Waals surface area contributed by atoms with E-state index in [0.717, 1.165) is 49.4 Å². The zero-order valence-corrected chi connectivity index (χ0v) is 56.1. The molecule has 0 heterocycles. The monoisotopic (exact) mass is 1140 g/mol. The minimum absolute atomic E-state index is 0.580. The second kappa shape index (κ2) is 61.1. The number of hydrogen-bond acceptors (Lipinski definition) is 2. The van der Waals surface area contributed by atoms with E-state index in [9.17, 15) is 15.0 Å². The number of carboxylic acid groups (broad SMARTS) is 1. The van der Waals surface area contributed by atoms with Crippen LogP contribution in [0.2, 0.25) is 0 Å². The maximum absolute atomic E-state index is 12.0. The summed E-state index contributed by atoms with van der Waals surface area (Å²) in [5, 5.41) is 20.6. The smallest absolute Gasteiger partial charge is 0.309 e. The van der Waals surface area contributed by atoms with Crippen LogP contribution in [0.15, 0.2) is 0 Å². The Bertz CT molecular complexity index is 1230. The molecule has 2 rings (SSSR count). The summed E-state index contributed by atoms with van der Waals surface area (Å²) in [7, 11) is 0. The Morgan fingerprint density at radius 1 is 0.259 bits per heavy atom. The second-order valence-corrected chi connectivity index (χ2v) is 28.6. The van der Waals surface area contributed by atoms with Crippen LogP contribution >= 0.6 is 0 Å². The maximum Gasteiger partial charge on any atom is 0.309 e. The number of aliphatic hydroxyl groups is 1. The van der Waals surface area contributed by atoms with Crippen molar-refractivity contribution in [2.24, 2.45) is 29.6 Å². The summed E-state index contributed by atoms with van der Waals surface area (Å²) >= 11 is 0. The molecule has 2 aliphatic carbocycles. The zero-order chi connectivity index (χ0) is 57.8. The number of hydrogen-bond donors (Lipinski definition) is 2. The molecule has 0 bridgehead atoms. The van der Waals surface area contributed by atoms with E-state index in [2.05, 4.69) is 13.8 Å². The van der Waals surface area contributed by atoms with Gasteiger partial charge >= 0.3 is 5.97 Å². The molecule has 482 valence electrons. The molecule has 2 unspecified atom stereocenters. The molecule has 0 aromatic carbocycles. The van der Waals surface area contributed by atoms with Crippen molar-refractivity contribution in [3.63, 3.8) is 0 Å². The van der Waals surface area contributed by atoms with E-state index >= 15 is 0 Å². The Hall–Kier alpha value is -0.570. The lowest BCUT2D eigenvalue weighted by Gasteiger charge is -2.19. The SMILES string of the molecule is CCCCCCCCCCCCCCCCCCCCCCCC[C@H](C(=O)O)[C@H](O)CCCCCCCCCCC[C@@H]1CC1CCCCCCCCCCCCCC[C@@H]1CC1CCCCCCCCCCCCCCCCCCCC. The highest BCUT2D eigenvalue weighted by Gasteiger charge is 2.36. The molecular formula is C78H152O3. The first kappa shape index (κ1) is 76.5. The highest BCUT2D eigenvalue weighted by molar-refractivity contribution is 5.70. The van der Waals surface area contributed by atoms with Crippen LogP contribution in [0.4, 0.5) is 0 Å². The summed E-state index contributed by atoms with van der Waals surface area (Å²) in [5.74, 6) is 2.99. The van der Waals surface area contributed by atoms with E-state index in [4.69, 9.17) is 0 Å². The molecule has 3 nitrogen and oxygen atoms in total. The van der Waals surface area contributed by atoms with Crippen LogP contribution in [0.5, 0.6) is 0 Å². The fourth-order valence-corrected chi connectivity index (χ4v) is 14.6. The highest BCUT2D eigenvalue weighted by atomic mass is 16.4. The van der Waals surface area contributed by atoms with Gasteiger partial charge < -0.3 is 10.2 Å². The van der Waals surface area contributed by atoms with E-state index in [1.807, 2.05) is 0 Å². The van der Waals surface area contributed by atoms with E-state index in [-0.39, 0.29) is 0 Å². The lowest BCUT2D eigenvalue weighted by Crippen LogP contribution is -2.28. The number of aliphatic carboxylic acids is 1. The molecule has 0 aliphatic heterocycles. The largest absolute Gasteiger partial charge is 0.481 e. The van der Waals surface area contributed by atoms with Crippen molar-refractivity contribution in [3.05, 3.63) is 0 Å². The summed E-state index contributed by atoms with van der Waals surface area (Å²) in [6.07, 6.45) is 96.0. The standard InChI is InChI=1S/C78H152O3/c1-3-5-7-9-11-13-15-17-19-21-23-24-25-26-28-30-32-38-44-50-56-62-68-76(78(80)81)77(79)69-63-57-51-45-39-43-49-55-61-67-75-71-74(75)66-60-54-48-42-37-34-33-36-41-47-53-59-65-73-70-72(73)64-58-52-46-40-35-31-29-27-22-20-18-16-14-12-10-8-6-4-2/h72-77,79H,3-71H2,1-2H3,(H,80,81)/t72?,73-,74?,75-,76+,77-/m1/s1. The van der Waals surface area contributed by atoms with E-state index < -0.39 is 18.0 Å². The number of aliphatic hydroxyl groups excluding tert-OH is 1. The third-order valence-electron chi connectivity index (χ3n) is 20.7. The molecule has 6 atom stereocenters. The van der Waals surface area contributed by atoms with Crippen LogP contribution in [0.1, 0.15) is 457 Å². The van der Waals surface area contributed by atoms with Crippen molar-refractivity contribution in [1.82, 2.24) is 0 Å². The quantitative estimate of drug-likeness (QED) is 0.0597. The molecule has 0 amide bonds. The normalized spacial score (nSPS) is 17.6. The van der Waals surface area contributed by atoms with Gasteiger partial charge in [-0.05, 0) is 49.4 Å². The minimum Gasteiger partial charge on any atom is -0.481 e. The summed E-state index contributed by atoms with van der Waals surface area (Å²) < 4.78 is 0. The van der Waals surface area contributed by atoms with Gasteiger partial charge in [0.25, 0.3) is 0 Å². The number of rotatable bonds is 71. The fraction of sp³-hybridized carbons (Fsp3) is 0.987. The lowest BCUT2D eigenvalue weighted by molar-refractivity contribution is -0.146. The van der Waals surface area contributed by atoms with Crippen LogP contribution < -0.4 is 0 Å². The Morgan fingerprint density at radius 2 is 0.420 bits per heavy atom. The summed E-state index contributed by atoms with van der Waals surface area (Å²) in [6.45, 7) is 4.61. The van der Waals surface area contributed by atoms with Crippen molar-refractivity contribution in [2.45, 2.75) is 463 Å². The van der Waals surface area contributed by atoms with Gasteiger partial charge in [0.1, 0.15) is 0 Å². The maximum atomic E-state index is 12.0. The van der Waals surface area contributed by atoms with Gasteiger partial charge in [-0.25, -0.2) is 0 Å². The molecule has 0 aromatic heterocycles. The molecule has 2 N–H and O–H groups in total. The van der Waals surface area contributed by atoms with E-state index in [1.54, 1.807) is 19.3 Å². The van der Waals surface area contributed by atoms with E-state index in [1.165, 1.54) is 385 Å². The van der Waals surface area contributed by atoms with Gasteiger partial charge in [-0.3, -0.25) is 4.79 Å². The molecule has 0 saturated heterocycles. The summed E-state index contributed by atoms with van der Waals surface area (Å²) in [5.41, 5.74) is 0. The van der Waals surface area contributed by atoms with Gasteiger partial charge in [0, 0.05) is 0 Å². The Labute approximate surface area is 511 Å². The molecule has 3 heteroatoms. The molecule has 0 aromatic rings. The number of carbonyl (C=O) groups is 1. The van der Waals surface area contributed by atoms with Crippen molar-refractivity contribution >= 4 is 5.97 Å².